The molecule has 0 unspecified atom stereocenters. The second-order valence-corrected chi connectivity index (χ2v) is 10.6. The predicted molar refractivity (Wildman–Crippen MR) is 165 cm³/mol. The summed E-state index contributed by atoms with van der Waals surface area (Å²) in [5.74, 6) is 0.578. The highest BCUT2D eigenvalue weighted by Gasteiger charge is 2.32. The molecule has 0 fully saturated rings. The third-order valence-electron chi connectivity index (χ3n) is 6.62. The monoisotopic (exact) mass is 597 g/mol. The van der Waals surface area contributed by atoms with Crippen LogP contribution in [-0.2, 0) is 9.59 Å². The molecule has 1 aliphatic heterocycles. The van der Waals surface area contributed by atoms with Gasteiger partial charge in [0.05, 0.1) is 35.1 Å². The summed E-state index contributed by atoms with van der Waals surface area (Å²) in [6.45, 7) is 7.73. The maximum atomic E-state index is 14.0. The molecule has 1 aromatic heterocycles. The molecule has 1 amide bonds. The van der Waals surface area contributed by atoms with E-state index in [1.807, 2.05) is 56.3 Å². The van der Waals surface area contributed by atoms with E-state index in [0.717, 1.165) is 5.56 Å². The smallest absolute Gasteiger partial charge is 0.308 e. The Morgan fingerprint density at radius 1 is 0.977 bits per heavy atom. The fourth-order valence-corrected chi connectivity index (χ4v) is 5.88. The average Bonchev–Trinajstić information content (AvgIpc) is 3.28. The molecule has 3 aromatic carbocycles. The highest BCUT2D eigenvalue weighted by molar-refractivity contribution is 7.07. The summed E-state index contributed by atoms with van der Waals surface area (Å²) in [6.07, 6.45) is 1.74. The van der Waals surface area contributed by atoms with Crippen LogP contribution in [0.2, 0.25) is 0 Å². The topological polar surface area (TPSA) is 108 Å². The van der Waals surface area contributed by atoms with Crippen LogP contribution >= 0.6 is 11.3 Å². The maximum Gasteiger partial charge on any atom is 0.308 e. The van der Waals surface area contributed by atoms with Crippen molar-refractivity contribution in [3.8, 4) is 17.2 Å². The van der Waals surface area contributed by atoms with E-state index in [-0.39, 0.29) is 11.5 Å². The predicted octanol–water partition coefficient (Wildman–Crippen LogP) is 4.60. The third-order valence-corrected chi connectivity index (χ3v) is 7.61. The van der Waals surface area contributed by atoms with E-state index in [1.165, 1.54) is 18.3 Å². The molecule has 1 N–H and O–H groups in total. The molecule has 220 valence electrons. The number of ether oxygens (including phenoxy) is 3. The largest absolute Gasteiger partial charge is 0.494 e. The summed E-state index contributed by atoms with van der Waals surface area (Å²) in [5.41, 5.74) is 2.66. The number of benzene rings is 3. The van der Waals surface area contributed by atoms with Crippen molar-refractivity contribution in [1.29, 1.82) is 0 Å². The molecule has 1 atom stereocenters. The van der Waals surface area contributed by atoms with Gasteiger partial charge in [0.25, 0.3) is 11.5 Å². The van der Waals surface area contributed by atoms with Crippen LogP contribution in [0, 0.1) is 0 Å². The first-order valence-corrected chi connectivity index (χ1v) is 14.7. The lowest BCUT2D eigenvalue weighted by atomic mass is 9.95. The van der Waals surface area contributed by atoms with Gasteiger partial charge < -0.3 is 19.5 Å². The second kappa shape index (κ2) is 12.9. The number of nitrogens with one attached hydrogen (secondary N) is 1. The number of amides is 1. The maximum absolute atomic E-state index is 14.0. The zero-order chi connectivity index (χ0) is 30.5. The lowest BCUT2D eigenvalue weighted by molar-refractivity contribution is -0.132. The zero-order valence-electron chi connectivity index (χ0n) is 24.2. The van der Waals surface area contributed by atoms with Gasteiger partial charge in [-0.15, -0.1) is 0 Å². The molecule has 0 spiro atoms. The Morgan fingerprint density at radius 3 is 2.37 bits per heavy atom. The minimum absolute atomic E-state index is 0.290. The first kappa shape index (κ1) is 29.5. The van der Waals surface area contributed by atoms with Gasteiger partial charge >= 0.3 is 5.97 Å². The summed E-state index contributed by atoms with van der Waals surface area (Å²) >= 11 is 1.23. The summed E-state index contributed by atoms with van der Waals surface area (Å²) in [6, 6.07) is 20.9. The number of esters is 1. The van der Waals surface area contributed by atoms with E-state index in [9.17, 15) is 14.4 Å². The number of carbonyl (C=O) groups is 2. The molecule has 0 bridgehead atoms. The quantitative estimate of drug-likeness (QED) is 0.223. The summed E-state index contributed by atoms with van der Waals surface area (Å²) in [4.78, 5) is 44.5. The van der Waals surface area contributed by atoms with Gasteiger partial charge in [-0.05, 0) is 74.4 Å². The summed E-state index contributed by atoms with van der Waals surface area (Å²) in [7, 11) is 0. The molecule has 5 rings (SSSR count). The van der Waals surface area contributed by atoms with Gasteiger partial charge in [0.2, 0.25) is 0 Å². The van der Waals surface area contributed by atoms with Gasteiger partial charge in [0.1, 0.15) is 5.75 Å². The number of para-hydroxylation sites is 1. The van der Waals surface area contributed by atoms with Gasteiger partial charge in [0.15, 0.2) is 16.3 Å². The standard InChI is InChI=1S/C33H31N3O6S/c1-5-40-25-15-13-23(14-16-25)30-29(31(38)35-24-10-8-7-9-11-24)20(3)34-33-36(30)32(39)28(43-33)19-22-12-17-26(42-21(4)37)27(18-22)41-6-2/h7-19,30H,5-6H2,1-4H3,(H,35,38)/b28-19-/t30-/m1/s1. The van der Waals surface area contributed by atoms with Gasteiger partial charge in [-0.2, -0.15) is 0 Å². The number of carbonyl (C=O) groups excluding carboxylic acids is 2. The Morgan fingerprint density at radius 2 is 1.70 bits per heavy atom. The Kier molecular flexibility index (Phi) is 8.87. The van der Waals surface area contributed by atoms with Crippen molar-refractivity contribution in [1.82, 2.24) is 4.57 Å². The van der Waals surface area contributed by atoms with Crippen LogP contribution in [0.4, 0.5) is 5.69 Å². The normalized spacial score (nSPS) is 14.5. The zero-order valence-corrected chi connectivity index (χ0v) is 25.1. The second-order valence-electron chi connectivity index (χ2n) is 9.64. The van der Waals surface area contributed by atoms with Crippen molar-refractivity contribution in [3.63, 3.8) is 0 Å². The fourth-order valence-electron chi connectivity index (χ4n) is 4.83. The molecule has 0 saturated carbocycles. The van der Waals surface area contributed by atoms with Crippen molar-refractivity contribution in [2.45, 2.75) is 33.7 Å². The van der Waals surface area contributed by atoms with E-state index in [2.05, 4.69) is 5.32 Å². The molecule has 0 radical (unpaired) electrons. The molecule has 9 nitrogen and oxygen atoms in total. The highest BCUT2D eigenvalue weighted by atomic mass is 32.1. The van der Waals surface area contributed by atoms with E-state index in [4.69, 9.17) is 19.2 Å². The van der Waals surface area contributed by atoms with Crippen LogP contribution in [0.3, 0.4) is 0 Å². The number of aromatic nitrogens is 1. The van der Waals surface area contributed by atoms with Crippen LogP contribution < -0.4 is 34.4 Å². The van der Waals surface area contributed by atoms with Crippen molar-refractivity contribution < 1.29 is 23.8 Å². The Hall–Kier alpha value is -4.96. The molecule has 0 aliphatic carbocycles. The lowest BCUT2D eigenvalue weighted by Gasteiger charge is -2.25. The van der Waals surface area contributed by atoms with Crippen LogP contribution in [0.5, 0.6) is 17.2 Å². The Balaban J connectivity index is 1.63. The number of allylic oxidation sites excluding steroid dienone is 1. The molecular formula is C33H31N3O6S. The van der Waals surface area contributed by atoms with E-state index in [0.29, 0.717) is 62.3 Å². The van der Waals surface area contributed by atoms with E-state index < -0.39 is 12.0 Å². The van der Waals surface area contributed by atoms with E-state index >= 15 is 0 Å². The van der Waals surface area contributed by atoms with Crippen LogP contribution in [0.1, 0.15) is 44.9 Å². The fraction of sp³-hybridized carbons (Fsp3) is 0.212. The van der Waals surface area contributed by atoms with Crippen molar-refractivity contribution in [2.24, 2.45) is 4.99 Å². The highest BCUT2D eigenvalue weighted by Crippen LogP contribution is 2.32. The average molecular weight is 598 g/mol. The SMILES string of the molecule is CCOc1ccc([C@@H]2C(C(=O)Nc3ccccc3)=C(C)N=c3s/c(=C\c4ccc(OC(C)=O)c(OCC)c4)c(=O)n32)cc1. The van der Waals surface area contributed by atoms with Crippen LogP contribution in [-0.4, -0.2) is 29.7 Å². The molecule has 2 heterocycles. The molecule has 4 aromatic rings. The van der Waals surface area contributed by atoms with Crippen LogP contribution in [0.15, 0.2) is 93.9 Å². The summed E-state index contributed by atoms with van der Waals surface area (Å²) in [5, 5.41) is 2.96. The number of rotatable bonds is 9. The number of thiazole rings is 1. The minimum Gasteiger partial charge on any atom is -0.494 e. The number of nitrogens with zero attached hydrogens (tertiary/aromatic N) is 2. The molecule has 43 heavy (non-hydrogen) atoms. The van der Waals surface area contributed by atoms with Crippen molar-refractivity contribution >= 4 is 35.0 Å². The van der Waals surface area contributed by atoms with Gasteiger partial charge in [-0.1, -0.05) is 47.7 Å². The molecule has 10 heteroatoms. The van der Waals surface area contributed by atoms with Crippen molar-refractivity contribution in [3.05, 3.63) is 115 Å². The van der Waals surface area contributed by atoms with Gasteiger partial charge in [0, 0.05) is 12.6 Å². The number of hydrogen-bond acceptors (Lipinski definition) is 8. The van der Waals surface area contributed by atoms with Gasteiger partial charge in [-0.25, -0.2) is 4.99 Å². The third kappa shape index (κ3) is 6.44. The number of anilines is 1. The van der Waals surface area contributed by atoms with Crippen molar-refractivity contribution in [2.75, 3.05) is 18.5 Å². The molecule has 0 saturated heterocycles. The number of hydrogen-bond donors (Lipinski definition) is 1. The first-order chi connectivity index (χ1) is 20.8. The lowest BCUT2D eigenvalue weighted by Crippen LogP contribution is -2.40. The minimum atomic E-state index is -0.719. The van der Waals surface area contributed by atoms with Crippen LogP contribution in [0.25, 0.3) is 6.08 Å². The first-order valence-electron chi connectivity index (χ1n) is 13.9. The summed E-state index contributed by atoms with van der Waals surface area (Å²) < 4.78 is 18.6. The Labute approximate surface area is 252 Å². The van der Waals surface area contributed by atoms with Gasteiger partial charge in [-0.3, -0.25) is 19.0 Å². The number of fused-ring (bicyclic) bond motifs is 1. The molecular weight excluding hydrogens is 566 g/mol. The molecule has 1 aliphatic rings. The van der Waals surface area contributed by atoms with E-state index in [1.54, 1.807) is 47.9 Å². The Bertz CT molecular complexity index is 1870.